The lowest BCUT2D eigenvalue weighted by Gasteiger charge is -2.12. The molecule has 0 saturated heterocycles. The molecule has 0 spiro atoms. The van der Waals surface area contributed by atoms with Gasteiger partial charge in [0.2, 0.25) is 0 Å². The van der Waals surface area contributed by atoms with Crippen molar-refractivity contribution in [1.82, 2.24) is 4.57 Å². The van der Waals surface area contributed by atoms with Crippen molar-refractivity contribution in [3.05, 3.63) is 34.4 Å². The van der Waals surface area contributed by atoms with Gasteiger partial charge in [-0.2, -0.15) is 0 Å². The van der Waals surface area contributed by atoms with Crippen LogP contribution in [0.1, 0.15) is 26.3 Å². The van der Waals surface area contributed by atoms with Crippen LogP contribution < -0.4 is 0 Å². The molecular weight excluding hydrogens is 229 g/mol. The molecule has 1 aromatic carbocycles. The highest BCUT2D eigenvalue weighted by atomic mass is 35.5. The molecule has 1 heterocycles. The first-order valence-corrected chi connectivity index (χ1v) is 5.84. The second-order valence-corrected chi connectivity index (χ2v) is 4.62. The molecule has 2 aromatic rings. The highest BCUT2D eigenvalue weighted by Crippen LogP contribution is 2.30. The summed E-state index contributed by atoms with van der Waals surface area (Å²) in [6, 6.07) is 6.41. The molecular formula is C12H13Cl2N. The van der Waals surface area contributed by atoms with Gasteiger partial charge < -0.3 is 4.57 Å². The van der Waals surface area contributed by atoms with Crippen molar-refractivity contribution in [1.29, 1.82) is 0 Å². The number of halogens is 2. The first-order valence-electron chi connectivity index (χ1n) is 5.09. The Morgan fingerprint density at radius 1 is 1.27 bits per heavy atom. The normalized spacial score (nSPS) is 13.3. The minimum Gasteiger partial charge on any atom is -0.345 e. The smallest absolute Gasteiger partial charge is 0.0613 e. The average Bonchev–Trinajstić information content (AvgIpc) is 2.61. The van der Waals surface area contributed by atoms with Gasteiger partial charge in [0.1, 0.15) is 0 Å². The van der Waals surface area contributed by atoms with E-state index < -0.39 is 0 Å². The van der Waals surface area contributed by atoms with Gasteiger partial charge in [0.15, 0.2) is 0 Å². The minimum absolute atomic E-state index is 0.486. The van der Waals surface area contributed by atoms with Gasteiger partial charge in [-0.3, -0.25) is 0 Å². The lowest BCUT2D eigenvalue weighted by Crippen LogP contribution is -2.01. The lowest BCUT2D eigenvalue weighted by atomic mass is 10.2. The zero-order chi connectivity index (χ0) is 11.0. The van der Waals surface area contributed by atoms with Gasteiger partial charge in [-0.25, -0.2) is 0 Å². The van der Waals surface area contributed by atoms with Crippen molar-refractivity contribution < 1.29 is 0 Å². The fraction of sp³-hybridized carbons (Fsp3) is 0.333. The van der Waals surface area contributed by atoms with Crippen LogP contribution in [0.15, 0.2) is 24.4 Å². The summed E-state index contributed by atoms with van der Waals surface area (Å²) in [5.41, 5.74) is 1.15. The zero-order valence-corrected chi connectivity index (χ0v) is 10.3. The first kappa shape index (κ1) is 10.8. The highest BCUT2D eigenvalue weighted by molar-refractivity contribution is 6.42. The number of fused-ring (bicyclic) bond motifs is 1. The van der Waals surface area contributed by atoms with E-state index >= 15 is 0 Å². The maximum absolute atomic E-state index is 6.02. The maximum atomic E-state index is 6.02. The second-order valence-electron chi connectivity index (χ2n) is 3.81. The molecule has 0 N–H and O–H groups in total. The van der Waals surface area contributed by atoms with Crippen molar-refractivity contribution >= 4 is 34.1 Å². The zero-order valence-electron chi connectivity index (χ0n) is 8.80. The van der Waals surface area contributed by atoms with Crippen molar-refractivity contribution in [2.24, 2.45) is 0 Å². The number of rotatable bonds is 2. The van der Waals surface area contributed by atoms with Crippen LogP contribution in [0.3, 0.4) is 0 Å². The van der Waals surface area contributed by atoms with E-state index in [0.717, 1.165) is 17.3 Å². The van der Waals surface area contributed by atoms with Gasteiger partial charge in [0, 0.05) is 23.1 Å². The molecule has 3 heteroatoms. The van der Waals surface area contributed by atoms with Gasteiger partial charge in [0.05, 0.1) is 10.0 Å². The molecule has 0 bridgehead atoms. The minimum atomic E-state index is 0.486. The van der Waals surface area contributed by atoms with Crippen LogP contribution in [-0.4, -0.2) is 4.57 Å². The number of hydrogen-bond acceptors (Lipinski definition) is 0. The van der Waals surface area contributed by atoms with E-state index in [0.29, 0.717) is 16.1 Å². The van der Waals surface area contributed by atoms with Crippen LogP contribution in [0.2, 0.25) is 10.0 Å². The van der Waals surface area contributed by atoms with E-state index in [1.165, 1.54) is 0 Å². The summed E-state index contributed by atoms with van der Waals surface area (Å²) in [6.45, 7) is 4.37. The quantitative estimate of drug-likeness (QED) is 0.704. The monoisotopic (exact) mass is 241 g/mol. The molecule has 1 atom stereocenters. The summed E-state index contributed by atoms with van der Waals surface area (Å²) in [5, 5.41) is 2.38. The summed E-state index contributed by atoms with van der Waals surface area (Å²) in [6.07, 6.45) is 3.19. The third-order valence-corrected chi connectivity index (χ3v) is 3.55. The fourth-order valence-electron chi connectivity index (χ4n) is 1.73. The molecule has 80 valence electrons. The molecule has 1 unspecified atom stereocenters. The molecule has 0 aliphatic carbocycles. The highest BCUT2D eigenvalue weighted by Gasteiger charge is 2.08. The largest absolute Gasteiger partial charge is 0.345 e. The van der Waals surface area contributed by atoms with Crippen LogP contribution >= 0.6 is 23.2 Å². The molecule has 0 aliphatic heterocycles. The van der Waals surface area contributed by atoms with Gasteiger partial charge in [-0.05, 0) is 31.5 Å². The van der Waals surface area contributed by atoms with Gasteiger partial charge in [-0.1, -0.05) is 30.1 Å². The molecule has 1 aromatic heterocycles. The van der Waals surface area contributed by atoms with Crippen molar-refractivity contribution in [2.45, 2.75) is 26.3 Å². The third-order valence-electron chi connectivity index (χ3n) is 2.83. The third kappa shape index (κ3) is 1.86. The molecule has 2 rings (SSSR count). The standard InChI is InChI=1S/C12H13Cl2N/c1-3-8(2)15-5-4-9-6-10(13)11(14)7-12(9)15/h4-8H,3H2,1-2H3. The Hall–Kier alpha value is -0.660. The Morgan fingerprint density at radius 3 is 2.60 bits per heavy atom. The second kappa shape index (κ2) is 4.07. The molecule has 0 radical (unpaired) electrons. The van der Waals surface area contributed by atoms with Crippen LogP contribution in [0, 0.1) is 0 Å². The van der Waals surface area contributed by atoms with E-state index in [1.54, 1.807) is 0 Å². The lowest BCUT2D eigenvalue weighted by molar-refractivity contribution is 0.548. The summed E-state index contributed by atoms with van der Waals surface area (Å²) in [4.78, 5) is 0. The van der Waals surface area contributed by atoms with Crippen molar-refractivity contribution in [3.63, 3.8) is 0 Å². The summed E-state index contributed by atoms with van der Waals surface area (Å²) in [5.74, 6) is 0. The Morgan fingerprint density at radius 2 is 1.93 bits per heavy atom. The van der Waals surface area contributed by atoms with Crippen LogP contribution in [0.25, 0.3) is 10.9 Å². The molecule has 1 nitrogen and oxygen atoms in total. The summed E-state index contributed by atoms with van der Waals surface area (Å²) in [7, 11) is 0. The number of hydrogen-bond donors (Lipinski definition) is 0. The Balaban J connectivity index is 2.64. The van der Waals surface area contributed by atoms with Crippen LogP contribution in [0.5, 0.6) is 0 Å². The molecule has 0 aliphatic rings. The maximum Gasteiger partial charge on any atom is 0.0613 e. The first-order chi connectivity index (χ1) is 7.13. The Labute approximate surface area is 99.6 Å². The summed E-state index contributed by atoms with van der Waals surface area (Å²) < 4.78 is 2.23. The van der Waals surface area contributed by atoms with Gasteiger partial charge >= 0.3 is 0 Å². The Kier molecular flexibility index (Phi) is 2.94. The molecule has 0 amide bonds. The van der Waals surface area contributed by atoms with Crippen LogP contribution in [-0.2, 0) is 0 Å². The van der Waals surface area contributed by atoms with Crippen LogP contribution in [0.4, 0.5) is 0 Å². The number of nitrogens with zero attached hydrogens (tertiary/aromatic N) is 1. The number of aromatic nitrogens is 1. The van der Waals surface area contributed by atoms with Crippen molar-refractivity contribution in [2.75, 3.05) is 0 Å². The topological polar surface area (TPSA) is 4.93 Å². The number of benzene rings is 1. The van der Waals surface area contributed by atoms with E-state index in [-0.39, 0.29) is 0 Å². The predicted molar refractivity (Wildman–Crippen MR) is 67.0 cm³/mol. The Bertz CT molecular complexity index is 488. The van der Waals surface area contributed by atoms with E-state index in [4.69, 9.17) is 23.2 Å². The predicted octanol–water partition coefficient (Wildman–Crippen LogP) is 4.92. The summed E-state index contributed by atoms with van der Waals surface area (Å²) >= 11 is 12.0. The average molecular weight is 242 g/mol. The van der Waals surface area contributed by atoms with Crippen molar-refractivity contribution in [3.8, 4) is 0 Å². The molecule has 15 heavy (non-hydrogen) atoms. The van der Waals surface area contributed by atoms with E-state index in [1.807, 2.05) is 12.1 Å². The SMILES string of the molecule is CCC(C)n1ccc2cc(Cl)c(Cl)cc21. The fourth-order valence-corrected chi connectivity index (χ4v) is 2.06. The molecule has 0 saturated carbocycles. The van der Waals surface area contributed by atoms with Gasteiger partial charge in [0.25, 0.3) is 0 Å². The van der Waals surface area contributed by atoms with E-state index in [9.17, 15) is 0 Å². The molecule has 0 fully saturated rings. The van der Waals surface area contributed by atoms with Gasteiger partial charge in [-0.15, -0.1) is 0 Å². The van der Waals surface area contributed by atoms with E-state index in [2.05, 4.69) is 30.7 Å².